The molecule has 152 valence electrons. The monoisotopic (exact) mass is 422 g/mol. The van der Waals surface area contributed by atoms with E-state index in [0.29, 0.717) is 23.9 Å². The van der Waals surface area contributed by atoms with Crippen molar-refractivity contribution in [2.24, 2.45) is 0 Å². The number of fused-ring (bicyclic) bond motifs is 1. The minimum absolute atomic E-state index is 0. The van der Waals surface area contributed by atoms with E-state index in [1.54, 1.807) is 28.6 Å². The summed E-state index contributed by atoms with van der Waals surface area (Å²) in [4.78, 5) is 2.77. The minimum atomic E-state index is -3.37. The zero-order chi connectivity index (χ0) is 18.7. The molecule has 0 radical (unpaired) electrons. The zero-order valence-electron chi connectivity index (χ0n) is 15.9. The fraction of sp³-hybridized carbons (Fsp3) is 0.429. The maximum atomic E-state index is 12.7. The molecule has 0 aromatic heterocycles. The summed E-state index contributed by atoms with van der Waals surface area (Å²) in [5, 5.41) is 0. The summed E-state index contributed by atoms with van der Waals surface area (Å²) in [7, 11) is -3.37. The maximum absolute atomic E-state index is 12.7. The van der Waals surface area contributed by atoms with Gasteiger partial charge >= 0.3 is 0 Å². The summed E-state index contributed by atoms with van der Waals surface area (Å²) in [6, 6.07) is 17.0. The van der Waals surface area contributed by atoms with Gasteiger partial charge in [-0.15, -0.1) is 12.4 Å². The van der Waals surface area contributed by atoms with Gasteiger partial charge < -0.3 is 9.64 Å². The molecule has 28 heavy (non-hydrogen) atoms. The molecule has 0 spiro atoms. The number of hydrogen-bond acceptors (Lipinski definition) is 4. The van der Waals surface area contributed by atoms with Crippen molar-refractivity contribution in [1.29, 1.82) is 0 Å². The van der Waals surface area contributed by atoms with Crippen molar-refractivity contribution < 1.29 is 13.2 Å². The first-order chi connectivity index (χ1) is 13.1. The van der Waals surface area contributed by atoms with Crippen LogP contribution < -0.4 is 4.74 Å². The van der Waals surface area contributed by atoms with Crippen LogP contribution in [0, 0.1) is 0 Å². The van der Waals surface area contributed by atoms with Gasteiger partial charge in [-0.1, -0.05) is 36.4 Å². The highest BCUT2D eigenvalue weighted by atomic mass is 35.5. The van der Waals surface area contributed by atoms with Crippen molar-refractivity contribution in [3.8, 4) is 5.75 Å². The molecule has 0 saturated carbocycles. The molecule has 2 aromatic carbocycles. The van der Waals surface area contributed by atoms with Gasteiger partial charge in [-0.2, -0.15) is 4.31 Å². The molecule has 1 unspecified atom stereocenters. The average molecular weight is 423 g/mol. The highest BCUT2D eigenvalue weighted by Gasteiger charge is 2.29. The van der Waals surface area contributed by atoms with Crippen LogP contribution in [0.1, 0.15) is 24.3 Å². The number of piperazine rings is 1. The molecule has 2 aromatic rings. The fourth-order valence-corrected chi connectivity index (χ4v) is 5.43. The van der Waals surface area contributed by atoms with Crippen molar-refractivity contribution in [2.45, 2.75) is 23.7 Å². The van der Waals surface area contributed by atoms with Gasteiger partial charge in [-0.3, -0.25) is 0 Å². The molecule has 2 heterocycles. The van der Waals surface area contributed by atoms with Gasteiger partial charge in [0.1, 0.15) is 5.75 Å². The maximum Gasteiger partial charge on any atom is 0.243 e. The molecule has 7 heteroatoms. The molecule has 2 aliphatic rings. The Morgan fingerprint density at radius 1 is 0.929 bits per heavy atom. The molecule has 0 bridgehead atoms. The van der Waals surface area contributed by atoms with Crippen LogP contribution in [0.25, 0.3) is 0 Å². The lowest BCUT2D eigenvalue weighted by Gasteiger charge is -2.35. The Balaban J connectivity index is 0.00000225. The molecule has 0 amide bonds. The number of benzene rings is 2. The number of halogens is 1. The van der Waals surface area contributed by atoms with E-state index in [9.17, 15) is 8.42 Å². The molecule has 1 saturated heterocycles. The van der Waals surface area contributed by atoms with E-state index in [0.717, 1.165) is 44.8 Å². The lowest BCUT2D eigenvalue weighted by molar-refractivity contribution is 0.176. The molecule has 1 fully saturated rings. The third-order valence-electron chi connectivity index (χ3n) is 5.59. The highest BCUT2D eigenvalue weighted by Crippen LogP contribution is 2.35. The van der Waals surface area contributed by atoms with Crippen LogP contribution in [0.2, 0.25) is 0 Å². The Bertz CT molecular complexity index is 868. The van der Waals surface area contributed by atoms with E-state index in [4.69, 9.17) is 4.74 Å². The van der Waals surface area contributed by atoms with Crippen molar-refractivity contribution in [2.75, 3.05) is 39.3 Å². The summed E-state index contributed by atoms with van der Waals surface area (Å²) >= 11 is 0. The van der Waals surface area contributed by atoms with Crippen molar-refractivity contribution in [3.63, 3.8) is 0 Å². The highest BCUT2D eigenvalue weighted by molar-refractivity contribution is 7.89. The second-order valence-electron chi connectivity index (χ2n) is 7.22. The fourth-order valence-electron chi connectivity index (χ4n) is 3.99. The quantitative estimate of drug-likeness (QED) is 0.741. The SMILES string of the molecule is Cl.O=S(=O)(c1ccccc1)N1CCN(CCC2CCOc3ccccc32)CC1. The molecule has 0 N–H and O–H groups in total. The Labute approximate surface area is 173 Å². The predicted octanol–water partition coefficient (Wildman–Crippen LogP) is 3.37. The number of ether oxygens (including phenoxy) is 1. The van der Waals surface area contributed by atoms with E-state index in [1.165, 1.54) is 5.56 Å². The van der Waals surface area contributed by atoms with Crippen LogP contribution in [0.15, 0.2) is 59.5 Å². The van der Waals surface area contributed by atoms with Crippen LogP contribution in [-0.4, -0.2) is 57.0 Å². The Morgan fingerprint density at radius 2 is 1.61 bits per heavy atom. The molecular weight excluding hydrogens is 396 g/mol. The molecule has 4 rings (SSSR count). The number of rotatable bonds is 5. The second kappa shape index (κ2) is 9.27. The van der Waals surface area contributed by atoms with Crippen molar-refractivity contribution in [3.05, 3.63) is 60.2 Å². The summed E-state index contributed by atoms with van der Waals surface area (Å²) in [6.07, 6.45) is 2.14. The van der Waals surface area contributed by atoms with Crippen LogP contribution in [0.3, 0.4) is 0 Å². The minimum Gasteiger partial charge on any atom is -0.493 e. The molecule has 0 aliphatic carbocycles. The van der Waals surface area contributed by atoms with E-state index < -0.39 is 10.0 Å². The summed E-state index contributed by atoms with van der Waals surface area (Å²) in [5.41, 5.74) is 1.31. The Morgan fingerprint density at radius 3 is 2.36 bits per heavy atom. The van der Waals surface area contributed by atoms with E-state index >= 15 is 0 Å². The van der Waals surface area contributed by atoms with Crippen molar-refractivity contribution in [1.82, 2.24) is 9.21 Å². The smallest absolute Gasteiger partial charge is 0.243 e. The normalized spacial score (nSPS) is 20.6. The van der Waals surface area contributed by atoms with Crippen LogP contribution in [0.5, 0.6) is 5.75 Å². The summed E-state index contributed by atoms with van der Waals surface area (Å²) in [5.74, 6) is 1.55. The number of nitrogens with zero attached hydrogens (tertiary/aromatic N) is 2. The van der Waals surface area contributed by atoms with E-state index in [1.807, 2.05) is 12.1 Å². The largest absolute Gasteiger partial charge is 0.493 e. The Hall–Kier alpha value is -1.60. The van der Waals surface area contributed by atoms with Gasteiger partial charge in [-0.05, 0) is 49.1 Å². The van der Waals surface area contributed by atoms with Gasteiger partial charge in [0.2, 0.25) is 10.0 Å². The average Bonchev–Trinajstić information content (AvgIpc) is 2.73. The Kier molecular flexibility index (Phi) is 6.99. The third kappa shape index (κ3) is 4.51. The second-order valence-corrected chi connectivity index (χ2v) is 9.16. The zero-order valence-corrected chi connectivity index (χ0v) is 17.5. The van der Waals surface area contributed by atoms with Gasteiger partial charge in [0.25, 0.3) is 0 Å². The van der Waals surface area contributed by atoms with Gasteiger partial charge in [0.15, 0.2) is 0 Å². The summed E-state index contributed by atoms with van der Waals surface area (Å²) < 4.78 is 32.8. The van der Waals surface area contributed by atoms with Crippen LogP contribution >= 0.6 is 12.4 Å². The number of hydrogen-bond donors (Lipinski definition) is 0. The molecule has 2 aliphatic heterocycles. The summed E-state index contributed by atoms with van der Waals surface area (Å²) in [6.45, 7) is 4.47. The predicted molar refractivity (Wildman–Crippen MR) is 113 cm³/mol. The van der Waals surface area contributed by atoms with E-state index in [-0.39, 0.29) is 12.4 Å². The van der Waals surface area contributed by atoms with Crippen LogP contribution in [-0.2, 0) is 10.0 Å². The van der Waals surface area contributed by atoms with Crippen molar-refractivity contribution >= 4 is 22.4 Å². The van der Waals surface area contributed by atoms with Gasteiger partial charge in [0, 0.05) is 26.2 Å². The number of sulfonamides is 1. The van der Waals surface area contributed by atoms with Crippen LogP contribution in [0.4, 0.5) is 0 Å². The van der Waals surface area contributed by atoms with Gasteiger partial charge in [0.05, 0.1) is 11.5 Å². The third-order valence-corrected chi connectivity index (χ3v) is 7.50. The molecule has 1 atom stereocenters. The topological polar surface area (TPSA) is 49.9 Å². The first-order valence-electron chi connectivity index (χ1n) is 9.64. The van der Waals surface area contributed by atoms with E-state index in [2.05, 4.69) is 23.1 Å². The first-order valence-corrected chi connectivity index (χ1v) is 11.1. The van der Waals surface area contributed by atoms with Gasteiger partial charge in [-0.25, -0.2) is 8.42 Å². The molecule has 5 nitrogen and oxygen atoms in total. The number of para-hydroxylation sites is 1. The molecular formula is C21H27ClN2O3S. The standard InChI is InChI=1S/C21H26N2O3S.ClH/c24-27(25,19-6-2-1-3-7-19)23-15-13-22(14-16-23)12-10-18-11-17-26-21-9-5-4-8-20(18)21;/h1-9,18H,10-17H2;1H. The lowest BCUT2D eigenvalue weighted by atomic mass is 9.90. The lowest BCUT2D eigenvalue weighted by Crippen LogP contribution is -2.48. The first kappa shape index (κ1) is 21.1.